The first kappa shape index (κ1) is 19.6. The van der Waals surface area contributed by atoms with Crippen LogP contribution < -0.4 is 4.80 Å². The SMILES string of the molecule is CCCc1sc(=NC(=O)c2ccccc2C)n(CC)c1-c1ccc(Cl)cc1. The number of carbonyl (C=O) groups is 1. The van der Waals surface area contributed by atoms with Crippen molar-refractivity contribution in [1.29, 1.82) is 0 Å². The first-order chi connectivity index (χ1) is 13.0. The molecule has 0 aliphatic carbocycles. The number of hydrogen-bond donors (Lipinski definition) is 0. The highest BCUT2D eigenvalue weighted by molar-refractivity contribution is 7.09. The van der Waals surface area contributed by atoms with E-state index in [9.17, 15) is 4.79 Å². The Bertz CT molecular complexity index is 1020. The van der Waals surface area contributed by atoms with E-state index in [0.717, 1.165) is 41.0 Å². The van der Waals surface area contributed by atoms with E-state index in [1.54, 1.807) is 11.3 Å². The summed E-state index contributed by atoms with van der Waals surface area (Å²) in [4.78, 5) is 19.3. The molecule has 0 saturated heterocycles. The molecular formula is C22H23ClN2OS. The lowest BCUT2D eigenvalue weighted by molar-refractivity contribution is 0.0997. The first-order valence-electron chi connectivity index (χ1n) is 9.18. The predicted molar refractivity (Wildman–Crippen MR) is 113 cm³/mol. The van der Waals surface area contributed by atoms with Gasteiger partial charge in [0.1, 0.15) is 0 Å². The Morgan fingerprint density at radius 1 is 1.11 bits per heavy atom. The quantitative estimate of drug-likeness (QED) is 0.527. The van der Waals surface area contributed by atoms with Gasteiger partial charge in [-0.2, -0.15) is 4.99 Å². The lowest BCUT2D eigenvalue weighted by atomic mass is 10.1. The van der Waals surface area contributed by atoms with Crippen molar-refractivity contribution in [3.8, 4) is 11.3 Å². The molecule has 3 nitrogen and oxygen atoms in total. The highest BCUT2D eigenvalue weighted by atomic mass is 35.5. The third-order valence-electron chi connectivity index (χ3n) is 4.46. The van der Waals surface area contributed by atoms with E-state index in [0.29, 0.717) is 10.6 Å². The van der Waals surface area contributed by atoms with E-state index >= 15 is 0 Å². The largest absolute Gasteiger partial charge is 0.316 e. The Morgan fingerprint density at radius 3 is 2.44 bits per heavy atom. The van der Waals surface area contributed by atoms with Crippen molar-refractivity contribution < 1.29 is 4.79 Å². The lowest BCUT2D eigenvalue weighted by Crippen LogP contribution is -2.17. The predicted octanol–water partition coefficient (Wildman–Crippen LogP) is 5.89. The number of halogens is 1. The molecule has 140 valence electrons. The highest BCUT2D eigenvalue weighted by Gasteiger charge is 2.16. The van der Waals surface area contributed by atoms with Gasteiger partial charge in [0.15, 0.2) is 4.80 Å². The third kappa shape index (κ3) is 4.23. The number of aromatic nitrogens is 1. The number of aryl methyl sites for hydroxylation is 2. The molecule has 5 heteroatoms. The van der Waals surface area contributed by atoms with Crippen molar-refractivity contribution in [2.75, 3.05) is 0 Å². The Labute approximate surface area is 169 Å². The second-order valence-electron chi connectivity index (χ2n) is 6.39. The molecule has 0 N–H and O–H groups in total. The summed E-state index contributed by atoms with van der Waals surface area (Å²) in [6, 6.07) is 15.4. The summed E-state index contributed by atoms with van der Waals surface area (Å²) in [5, 5.41) is 0.716. The maximum absolute atomic E-state index is 12.8. The normalized spacial score (nSPS) is 11.8. The van der Waals surface area contributed by atoms with Gasteiger partial charge in [-0.1, -0.05) is 55.3 Å². The maximum atomic E-state index is 12.8. The van der Waals surface area contributed by atoms with Gasteiger partial charge in [-0.05, 0) is 49.6 Å². The van der Waals surface area contributed by atoms with Crippen LogP contribution >= 0.6 is 22.9 Å². The minimum atomic E-state index is -0.192. The average molecular weight is 399 g/mol. The van der Waals surface area contributed by atoms with Gasteiger partial charge in [0, 0.05) is 22.0 Å². The van der Waals surface area contributed by atoms with Gasteiger partial charge in [0.05, 0.1) is 5.69 Å². The third-order valence-corrected chi connectivity index (χ3v) is 5.85. The number of amides is 1. The molecular weight excluding hydrogens is 376 g/mol. The summed E-state index contributed by atoms with van der Waals surface area (Å²) < 4.78 is 2.13. The number of nitrogens with zero attached hydrogens (tertiary/aromatic N) is 2. The van der Waals surface area contributed by atoms with E-state index in [4.69, 9.17) is 11.6 Å². The van der Waals surface area contributed by atoms with Gasteiger partial charge >= 0.3 is 0 Å². The fraction of sp³-hybridized carbons (Fsp3) is 0.273. The molecule has 0 unspecified atom stereocenters. The number of benzene rings is 2. The molecule has 0 atom stereocenters. The molecule has 1 amide bonds. The van der Waals surface area contributed by atoms with Crippen molar-refractivity contribution in [2.45, 2.75) is 40.2 Å². The van der Waals surface area contributed by atoms with Crippen LogP contribution in [0, 0.1) is 6.92 Å². The van der Waals surface area contributed by atoms with Crippen molar-refractivity contribution in [2.24, 2.45) is 4.99 Å². The van der Waals surface area contributed by atoms with Crippen LogP contribution in [0.3, 0.4) is 0 Å². The van der Waals surface area contributed by atoms with Gasteiger partial charge in [0.25, 0.3) is 5.91 Å². The van der Waals surface area contributed by atoms with Crippen molar-refractivity contribution in [3.05, 3.63) is 74.4 Å². The molecule has 0 aliphatic heterocycles. The van der Waals surface area contributed by atoms with E-state index < -0.39 is 0 Å². The lowest BCUT2D eigenvalue weighted by Gasteiger charge is -2.09. The Morgan fingerprint density at radius 2 is 1.81 bits per heavy atom. The molecule has 1 heterocycles. The molecule has 0 spiro atoms. The number of carbonyl (C=O) groups excluding carboxylic acids is 1. The Kier molecular flexibility index (Phi) is 6.30. The fourth-order valence-electron chi connectivity index (χ4n) is 3.12. The van der Waals surface area contributed by atoms with Gasteiger partial charge < -0.3 is 4.57 Å². The maximum Gasteiger partial charge on any atom is 0.279 e. The summed E-state index contributed by atoms with van der Waals surface area (Å²) >= 11 is 7.67. The standard InChI is InChI=1S/C22H23ClN2OS/c1-4-8-19-20(16-11-13-17(23)14-12-16)25(5-2)22(27-19)24-21(26)18-10-7-6-9-15(18)3/h6-7,9-14H,4-5,8H2,1-3H3. The fourth-order valence-corrected chi connectivity index (χ4v) is 4.55. The van der Waals surface area contributed by atoms with Gasteiger partial charge in [-0.15, -0.1) is 11.3 Å². The molecule has 0 aliphatic rings. The molecule has 3 rings (SSSR count). The van der Waals surface area contributed by atoms with Crippen LogP contribution in [0.5, 0.6) is 0 Å². The molecule has 27 heavy (non-hydrogen) atoms. The summed E-state index contributed by atoms with van der Waals surface area (Å²) in [6.45, 7) is 6.93. The summed E-state index contributed by atoms with van der Waals surface area (Å²) in [6.07, 6.45) is 1.99. The van der Waals surface area contributed by atoms with Gasteiger partial charge in [-0.3, -0.25) is 4.79 Å². The van der Waals surface area contributed by atoms with Crippen molar-refractivity contribution in [1.82, 2.24) is 4.57 Å². The molecule has 0 bridgehead atoms. The molecule has 0 saturated carbocycles. The van der Waals surface area contributed by atoms with Crippen molar-refractivity contribution >= 4 is 28.8 Å². The molecule has 0 fully saturated rings. The minimum Gasteiger partial charge on any atom is -0.316 e. The smallest absolute Gasteiger partial charge is 0.279 e. The van der Waals surface area contributed by atoms with Gasteiger partial charge in [0.2, 0.25) is 0 Å². The summed E-state index contributed by atoms with van der Waals surface area (Å²) in [5.41, 5.74) is 3.83. The number of rotatable bonds is 5. The van der Waals surface area contributed by atoms with Crippen LogP contribution in [0.1, 0.15) is 41.1 Å². The minimum absolute atomic E-state index is 0.192. The average Bonchev–Trinajstić information content (AvgIpc) is 3.00. The second-order valence-corrected chi connectivity index (χ2v) is 7.89. The Balaban J connectivity index is 2.16. The van der Waals surface area contributed by atoms with E-state index in [-0.39, 0.29) is 5.91 Å². The molecule has 2 aromatic carbocycles. The highest BCUT2D eigenvalue weighted by Crippen LogP contribution is 2.28. The first-order valence-corrected chi connectivity index (χ1v) is 10.4. The number of hydrogen-bond acceptors (Lipinski definition) is 2. The van der Waals surface area contributed by atoms with Crippen LogP contribution in [0.25, 0.3) is 11.3 Å². The van der Waals surface area contributed by atoms with Crippen LogP contribution in [-0.2, 0) is 13.0 Å². The Hall–Kier alpha value is -2.17. The second kappa shape index (κ2) is 8.68. The zero-order chi connectivity index (χ0) is 19.4. The number of thiazole rings is 1. The topological polar surface area (TPSA) is 34.4 Å². The zero-order valence-corrected chi connectivity index (χ0v) is 17.4. The van der Waals surface area contributed by atoms with E-state index in [1.807, 2.05) is 55.5 Å². The summed E-state index contributed by atoms with van der Waals surface area (Å²) in [7, 11) is 0. The molecule has 1 aromatic heterocycles. The summed E-state index contributed by atoms with van der Waals surface area (Å²) in [5.74, 6) is -0.192. The zero-order valence-electron chi connectivity index (χ0n) is 15.8. The van der Waals surface area contributed by atoms with Gasteiger partial charge in [-0.25, -0.2) is 0 Å². The van der Waals surface area contributed by atoms with Crippen LogP contribution in [0.4, 0.5) is 0 Å². The van der Waals surface area contributed by atoms with Crippen LogP contribution in [0.2, 0.25) is 5.02 Å². The molecule has 0 radical (unpaired) electrons. The molecule has 3 aromatic rings. The van der Waals surface area contributed by atoms with Crippen LogP contribution in [0.15, 0.2) is 53.5 Å². The van der Waals surface area contributed by atoms with E-state index in [2.05, 4.69) is 23.4 Å². The van der Waals surface area contributed by atoms with E-state index in [1.165, 1.54) is 4.88 Å². The van der Waals surface area contributed by atoms with Crippen LogP contribution in [-0.4, -0.2) is 10.5 Å². The van der Waals surface area contributed by atoms with Crippen molar-refractivity contribution in [3.63, 3.8) is 0 Å². The monoisotopic (exact) mass is 398 g/mol.